The Labute approximate surface area is 93.7 Å². The number of nitrogens with zero attached hydrogens (tertiary/aromatic N) is 1. The average molecular weight is 219 g/mol. The standard InChI is InChI=1S/C12H14FN3/c1-9-12(16-8-15-9)7-14-6-10-2-4-11(13)5-3-10/h2-5,8,14H,6-7H2,1H3,(H,15,16). The molecule has 0 fully saturated rings. The summed E-state index contributed by atoms with van der Waals surface area (Å²) in [6.45, 7) is 3.42. The van der Waals surface area contributed by atoms with Crippen molar-refractivity contribution in [2.45, 2.75) is 20.0 Å². The van der Waals surface area contributed by atoms with Crippen molar-refractivity contribution >= 4 is 0 Å². The molecular weight excluding hydrogens is 205 g/mol. The van der Waals surface area contributed by atoms with Gasteiger partial charge < -0.3 is 10.3 Å². The van der Waals surface area contributed by atoms with Crippen LogP contribution in [-0.4, -0.2) is 9.97 Å². The van der Waals surface area contributed by atoms with Gasteiger partial charge in [0.25, 0.3) is 0 Å². The van der Waals surface area contributed by atoms with E-state index in [-0.39, 0.29) is 5.82 Å². The Hall–Kier alpha value is -1.68. The van der Waals surface area contributed by atoms with Crippen LogP contribution >= 0.6 is 0 Å². The molecule has 1 aromatic carbocycles. The summed E-state index contributed by atoms with van der Waals surface area (Å²) in [4.78, 5) is 7.21. The molecule has 0 spiro atoms. The first kappa shape index (κ1) is 10.8. The summed E-state index contributed by atoms with van der Waals surface area (Å²) >= 11 is 0. The lowest BCUT2D eigenvalue weighted by Gasteiger charge is -2.03. The van der Waals surface area contributed by atoms with Gasteiger partial charge in [-0.15, -0.1) is 0 Å². The number of imidazole rings is 1. The highest BCUT2D eigenvalue weighted by Crippen LogP contribution is 2.03. The molecule has 1 aromatic heterocycles. The van der Waals surface area contributed by atoms with Gasteiger partial charge in [-0.2, -0.15) is 0 Å². The normalized spacial score (nSPS) is 10.6. The van der Waals surface area contributed by atoms with Gasteiger partial charge in [0.1, 0.15) is 5.82 Å². The average Bonchev–Trinajstić information content (AvgIpc) is 2.68. The molecule has 0 aliphatic carbocycles. The molecule has 0 unspecified atom stereocenters. The fourth-order valence-corrected chi connectivity index (χ4v) is 1.49. The van der Waals surface area contributed by atoms with Crippen LogP contribution in [0.2, 0.25) is 0 Å². The van der Waals surface area contributed by atoms with Crippen LogP contribution < -0.4 is 5.32 Å². The topological polar surface area (TPSA) is 40.7 Å². The third kappa shape index (κ3) is 2.67. The molecule has 0 atom stereocenters. The molecule has 0 radical (unpaired) electrons. The van der Waals surface area contributed by atoms with Crippen molar-refractivity contribution in [3.8, 4) is 0 Å². The summed E-state index contributed by atoms with van der Waals surface area (Å²) in [5.41, 5.74) is 3.16. The van der Waals surface area contributed by atoms with Crippen LogP contribution in [0.25, 0.3) is 0 Å². The number of hydrogen-bond donors (Lipinski definition) is 2. The van der Waals surface area contributed by atoms with Crippen molar-refractivity contribution in [1.82, 2.24) is 15.3 Å². The number of hydrogen-bond acceptors (Lipinski definition) is 2. The first-order chi connectivity index (χ1) is 7.75. The number of benzene rings is 1. The van der Waals surface area contributed by atoms with E-state index in [1.54, 1.807) is 18.5 Å². The van der Waals surface area contributed by atoms with Gasteiger partial charge in [0.05, 0.1) is 12.0 Å². The smallest absolute Gasteiger partial charge is 0.123 e. The molecule has 3 nitrogen and oxygen atoms in total. The van der Waals surface area contributed by atoms with Gasteiger partial charge >= 0.3 is 0 Å². The van der Waals surface area contributed by atoms with Crippen LogP contribution in [0.1, 0.15) is 17.0 Å². The first-order valence-corrected chi connectivity index (χ1v) is 5.20. The maximum Gasteiger partial charge on any atom is 0.123 e. The second-order valence-electron chi connectivity index (χ2n) is 3.70. The van der Waals surface area contributed by atoms with Gasteiger partial charge in [-0.25, -0.2) is 9.37 Å². The minimum Gasteiger partial charge on any atom is -0.348 e. The lowest BCUT2D eigenvalue weighted by molar-refractivity contribution is 0.624. The zero-order valence-electron chi connectivity index (χ0n) is 9.13. The molecule has 0 aliphatic heterocycles. The van der Waals surface area contributed by atoms with Gasteiger partial charge in [0, 0.05) is 18.8 Å². The quantitative estimate of drug-likeness (QED) is 0.827. The van der Waals surface area contributed by atoms with E-state index >= 15 is 0 Å². The maximum absolute atomic E-state index is 12.7. The summed E-state index contributed by atoms with van der Waals surface area (Å²) in [7, 11) is 0. The number of H-pyrrole nitrogens is 1. The second-order valence-corrected chi connectivity index (χ2v) is 3.70. The zero-order chi connectivity index (χ0) is 11.4. The van der Waals surface area contributed by atoms with E-state index < -0.39 is 0 Å². The Bertz CT molecular complexity index is 448. The predicted molar refractivity (Wildman–Crippen MR) is 60.3 cm³/mol. The third-order valence-corrected chi connectivity index (χ3v) is 2.47. The summed E-state index contributed by atoms with van der Waals surface area (Å²) in [5.74, 6) is -0.202. The summed E-state index contributed by atoms with van der Waals surface area (Å²) in [5, 5.41) is 3.26. The minimum atomic E-state index is -0.202. The molecule has 0 bridgehead atoms. The molecular formula is C12H14FN3. The van der Waals surface area contributed by atoms with Crippen molar-refractivity contribution in [2.75, 3.05) is 0 Å². The lowest BCUT2D eigenvalue weighted by atomic mass is 10.2. The fourth-order valence-electron chi connectivity index (χ4n) is 1.49. The van der Waals surface area contributed by atoms with Gasteiger partial charge in [0.15, 0.2) is 0 Å². The Morgan fingerprint density at radius 2 is 2.00 bits per heavy atom. The van der Waals surface area contributed by atoms with Gasteiger partial charge in [0.2, 0.25) is 0 Å². The van der Waals surface area contributed by atoms with Gasteiger partial charge in [-0.3, -0.25) is 0 Å². The molecule has 84 valence electrons. The van der Waals surface area contributed by atoms with E-state index in [9.17, 15) is 4.39 Å². The van der Waals surface area contributed by atoms with Crippen molar-refractivity contribution in [2.24, 2.45) is 0 Å². The molecule has 16 heavy (non-hydrogen) atoms. The van der Waals surface area contributed by atoms with Gasteiger partial charge in [-0.1, -0.05) is 12.1 Å². The number of nitrogens with one attached hydrogen (secondary N) is 2. The van der Waals surface area contributed by atoms with Crippen LogP contribution in [0.15, 0.2) is 30.6 Å². The molecule has 2 rings (SSSR count). The summed E-state index contributed by atoms with van der Waals surface area (Å²) < 4.78 is 12.7. The van der Waals surface area contributed by atoms with Crippen LogP contribution in [0.4, 0.5) is 4.39 Å². The molecule has 0 amide bonds. The number of halogens is 1. The summed E-state index contributed by atoms with van der Waals surface area (Å²) in [6.07, 6.45) is 1.68. The van der Waals surface area contributed by atoms with E-state index in [1.807, 2.05) is 6.92 Å². The number of aromatic amines is 1. The van der Waals surface area contributed by atoms with Crippen LogP contribution in [-0.2, 0) is 13.1 Å². The van der Waals surface area contributed by atoms with Crippen LogP contribution in [0.5, 0.6) is 0 Å². The zero-order valence-corrected chi connectivity index (χ0v) is 9.13. The number of rotatable bonds is 4. The number of aryl methyl sites for hydroxylation is 1. The first-order valence-electron chi connectivity index (χ1n) is 5.20. The van der Waals surface area contributed by atoms with E-state index in [0.717, 1.165) is 17.0 Å². The SMILES string of the molecule is Cc1[nH]cnc1CNCc1ccc(F)cc1. The summed E-state index contributed by atoms with van der Waals surface area (Å²) in [6, 6.07) is 6.49. The number of aromatic nitrogens is 2. The van der Waals surface area contributed by atoms with E-state index in [2.05, 4.69) is 15.3 Å². The molecule has 0 aliphatic rings. The molecule has 2 N–H and O–H groups in total. The molecule has 2 aromatic rings. The molecule has 1 heterocycles. The van der Waals surface area contributed by atoms with E-state index in [1.165, 1.54) is 12.1 Å². The van der Waals surface area contributed by atoms with Gasteiger partial charge in [-0.05, 0) is 24.6 Å². The fraction of sp³-hybridized carbons (Fsp3) is 0.250. The second kappa shape index (κ2) is 4.90. The van der Waals surface area contributed by atoms with Crippen molar-refractivity contribution < 1.29 is 4.39 Å². The van der Waals surface area contributed by atoms with E-state index in [0.29, 0.717) is 13.1 Å². The Morgan fingerprint density at radius 1 is 1.25 bits per heavy atom. The predicted octanol–water partition coefficient (Wildman–Crippen LogP) is 2.15. The van der Waals surface area contributed by atoms with Crippen LogP contribution in [0, 0.1) is 12.7 Å². The van der Waals surface area contributed by atoms with E-state index in [4.69, 9.17) is 0 Å². The lowest BCUT2D eigenvalue weighted by Crippen LogP contribution is -2.13. The monoisotopic (exact) mass is 219 g/mol. The van der Waals surface area contributed by atoms with Crippen molar-refractivity contribution in [1.29, 1.82) is 0 Å². The third-order valence-electron chi connectivity index (χ3n) is 2.47. The largest absolute Gasteiger partial charge is 0.348 e. The Kier molecular flexibility index (Phi) is 3.31. The van der Waals surface area contributed by atoms with Crippen molar-refractivity contribution in [3.05, 3.63) is 53.4 Å². The molecule has 4 heteroatoms. The highest BCUT2D eigenvalue weighted by atomic mass is 19.1. The highest BCUT2D eigenvalue weighted by molar-refractivity contribution is 5.16. The maximum atomic E-state index is 12.7. The van der Waals surface area contributed by atoms with Crippen LogP contribution in [0.3, 0.4) is 0 Å². The van der Waals surface area contributed by atoms with Crippen molar-refractivity contribution in [3.63, 3.8) is 0 Å². The minimum absolute atomic E-state index is 0.202. The Morgan fingerprint density at radius 3 is 2.62 bits per heavy atom. The molecule has 0 saturated heterocycles. The molecule has 0 saturated carbocycles. The Balaban J connectivity index is 1.84. The highest BCUT2D eigenvalue weighted by Gasteiger charge is 2.00.